The summed E-state index contributed by atoms with van der Waals surface area (Å²) in [4.78, 5) is 9.61. The number of rotatable bonds is 2. The quantitative estimate of drug-likeness (QED) is 0.350. The normalized spacial score (nSPS) is 23.9. The molecule has 2 N–H and O–H groups in total. The molecule has 0 saturated carbocycles. The molecule has 1 saturated heterocycles. The first-order valence-electron chi connectivity index (χ1n) is 4.39. The average Bonchev–Trinajstić information content (AvgIpc) is 2.85. The summed E-state index contributed by atoms with van der Waals surface area (Å²) in [7, 11) is 0. The standard InChI is InChI=1S/C9H9FN2O3/c1-4-9(15-4)5-2-6(10)8(12(13)14)3-7(5)11/h2-4,9H,11H2,1H3. The number of nitrogens with two attached hydrogens (primary N) is 1. The van der Waals surface area contributed by atoms with Gasteiger partial charge in [0.1, 0.15) is 6.10 Å². The zero-order chi connectivity index (χ0) is 11.2. The van der Waals surface area contributed by atoms with Crippen LogP contribution in [0.3, 0.4) is 0 Å². The van der Waals surface area contributed by atoms with E-state index in [1.165, 1.54) is 0 Å². The van der Waals surface area contributed by atoms with E-state index >= 15 is 0 Å². The Morgan fingerprint density at radius 1 is 1.60 bits per heavy atom. The van der Waals surface area contributed by atoms with E-state index in [4.69, 9.17) is 10.5 Å². The van der Waals surface area contributed by atoms with Gasteiger partial charge in [-0.15, -0.1) is 0 Å². The maximum atomic E-state index is 13.2. The summed E-state index contributed by atoms with van der Waals surface area (Å²) in [6.45, 7) is 1.82. The van der Waals surface area contributed by atoms with Gasteiger partial charge in [0.05, 0.1) is 11.0 Å². The summed E-state index contributed by atoms with van der Waals surface area (Å²) in [6, 6.07) is 2.10. The van der Waals surface area contributed by atoms with Crippen LogP contribution in [-0.2, 0) is 4.74 Å². The van der Waals surface area contributed by atoms with E-state index in [1.54, 1.807) is 0 Å². The molecular weight excluding hydrogens is 203 g/mol. The minimum absolute atomic E-state index is 0.00634. The Balaban J connectivity index is 2.43. The lowest BCUT2D eigenvalue weighted by atomic mass is 10.1. The van der Waals surface area contributed by atoms with Gasteiger partial charge in [-0.1, -0.05) is 0 Å². The van der Waals surface area contributed by atoms with E-state index in [9.17, 15) is 14.5 Å². The van der Waals surface area contributed by atoms with Crippen molar-refractivity contribution in [3.8, 4) is 0 Å². The number of epoxide rings is 1. The predicted molar refractivity (Wildman–Crippen MR) is 50.8 cm³/mol. The fraction of sp³-hybridized carbons (Fsp3) is 0.333. The average molecular weight is 212 g/mol. The zero-order valence-electron chi connectivity index (χ0n) is 7.94. The number of nitro benzene ring substituents is 1. The van der Waals surface area contributed by atoms with Gasteiger partial charge in [0, 0.05) is 17.3 Å². The summed E-state index contributed by atoms with van der Waals surface area (Å²) >= 11 is 0. The van der Waals surface area contributed by atoms with Gasteiger partial charge < -0.3 is 10.5 Å². The Kier molecular flexibility index (Phi) is 2.08. The molecule has 1 aromatic rings. The van der Waals surface area contributed by atoms with Crippen LogP contribution in [0.1, 0.15) is 18.6 Å². The van der Waals surface area contributed by atoms with E-state index < -0.39 is 16.4 Å². The Bertz CT molecular complexity index is 436. The van der Waals surface area contributed by atoms with Gasteiger partial charge >= 0.3 is 5.69 Å². The van der Waals surface area contributed by atoms with E-state index in [0.717, 1.165) is 12.1 Å². The Hall–Kier alpha value is -1.69. The van der Waals surface area contributed by atoms with Gasteiger partial charge in [-0.3, -0.25) is 10.1 Å². The van der Waals surface area contributed by atoms with Crippen molar-refractivity contribution in [3.63, 3.8) is 0 Å². The van der Waals surface area contributed by atoms with Gasteiger partial charge in [-0.05, 0) is 13.0 Å². The Labute approximate surface area is 84.8 Å². The van der Waals surface area contributed by atoms with E-state index in [0.29, 0.717) is 5.56 Å². The number of hydrogen-bond donors (Lipinski definition) is 1. The molecular formula is C9H9FN2O3. The first-order valence-corrected chi connectivity index (χ1v) is 4.39. The van der Waals surface area contributed by atoms with Gasteiger partial charge in [0.2, 0.25) is 5.82 Å². The number of hydrogen-bond acceptors (Lipinski definition) is 4. The molecule has 0 aromatic heterocycles. The highest BCUT2D eigenvalue weighted by atomic mass is 19.1. The molecule has 0 amide bonds. The van der Waals surface area contributed by atoms with Crippen molar-refractivity contribution in [1.82, 2.24) is 0 Å². The first-order chi connectivity index (χ1) is 7.00. The highest BCUT2D eigenvalue weighted by Crippen LogP contribution is 2.42. The number of anilines is 1. The summed E-state index contributed by atoms with van der Waals surface area (Å²) in [5.74, 6) is -0.883. The van der Waals surface area contributed by atoms with Gasteiger partial charge in [0.15, 0.2) is 0 Å². The SMILES string of the molecule is CC1OC1c1cc(F)c([N+](=O)[O-])cc1N. The fourth-order valence-electron chi connectivity index (χ4n) is 1.49. The summed E-state index contributed by atoms with van der Waals surface area (Å²) < 4.78 is 18.4. The van der Waals surface area contributed by atoms with Crippen molar-refractivity contribution in [1.29, 1.82) is 0 Å². The monoisotopic (exact) mass is 212 g/mol. The van der Waals surface area contributed by atoms with Crippen molar-refractivity contribution in [2.24, 2.45) is 0 Å². The molecule has 6 heteroatoms. The lowest BCUT2D eigenvalue weighted by Crippen LogP contribution is -2.00. The van der Waals surface area contributed by atoms with E-state index in [-0.39, 0.29) is 17.9 Å². The minimum atomic E-state index is -0.883. The van der Waals surface area contributed by atoms with Crippen LogP contribution in [0.2, 0.25) is 0 Å². The molecule has 2 unspecified atom stereocenters. The van der Waals surface area contributed by atoms with Crippen molar-refractivity contribution >= 4 is 11.4 Å². The highest BCUT2D eigenvalue weighted by molar-refractivity contribution is 5.56. The molecule has 0 bridgehead atoms. The molecule has 80 valence electrons. The first kappa shape index (κ1) is 9.85. The second kappa shape index (κ2) is 3.16. The molecule has 1 fully saturated rings. The number of nitro groups is 1. The van der Waals surface area contributed by atoms with Crippen LogP contribution in [0.5, 0.6) is 0 Å². The lowest BCUT2D eigenvalue weighted by Gasteiger charge is -2.02. The molecule has 1 aromatic carbocycles. The van der Waals surface area contributed by atoms with Crippen molar-refractivity contribution < 1.29 is 14.1 Å². The molecule has 0 radical (unpaired) electrons. The highest BCUT2D eigenvalue weighted by Gasteiger charge is 2.38. The Morgan fingerprint density at radius 2 is 2.20 bits per heavy atom. The number of nitrogens with zero attached hydrogens (tertiary/aromatic N) is 1. The van der Waals surface area contributed by atoms with Crippen molar-refractivity contribution in [2.75, 3.05) is 5.73 Å². The van der Waals surface area contributed by atoms with Crippen LogP contribution in [-0.4, -0.2) is 11.0 Å². The summed E-state index contributed by atoms with van der Waals surface area (Å²) in [5, 5.41) is 10.4. The maximum Gasteiger partial charge on any atom is 0.306 e. The molecule has 0 aliphatic carbocycles. The van der Waals surface area contributed by atoms with Gasteiger partial charge in [0.25, 0.3) is 0 Å². The molecule has 0 spiro atoms. The maximum absolute atomic E-state index is 13.2. The van der Waals surface area contributed by atoms with Crippen LogP contribution in [0.15, 0.2) is 12.1 Å². The molecule has 5 nitrogen and oxygen atoms in total. The molecule has 2 rings (SSSR count). The number of benzene rings is 1. The van der Waals surface area contributed by atoms with Crippen LogP contribution >= 0.6 is 0 Å². The van der Waals surface area contributed by atoms with Crippen LogP contribution < -0.4 is 5.73 Å². The number of nitrogen functional groups attached to an aromatic ring is 1. The largest absolute Gasteiger partial charge is 0.398 e. The smallest absolute Gasteiger partial charge is 0.306 e. The van der Waals surface area contributed by atoms with E-state index in [2.05, 4.69) is 0 Å². The third-order valence-electron chi connectivity index (χ3n) is 2.37. The molecule has 1 aliphatic heterocycles. The molecule has 1 heterocycles. The molecule has 1 aliphatic rings. The Morgan fingerprint density at radius 3 is 2.67 bits per heavy atom. The van der Waals surface area contributed by atoms with Gasteiger partial charge in [-0.2, -0.15) is 4.39 Å². The zero-order valence-corrected chi connectivity index (χ0v) is 7.94. The van der Waals surface area contributed by atoms with Crippen molar-refractivity contribution in [3.05, 3.63) is 33.6 Å². The molecule has 15 heavy (non-hydrogen) atoms. The van der Waals surface area contributed by atoms with E-state index in [1.807, 2.05) is 6.92 Å². The number of ether oxygens (including phenoxy) is 1. The summed E-state index contributed by atoms with van der Waals surface area (Å²) in [6.07, 6.45) is -0.242. The second-order valence-corrected chi connectivity index (χ2v) is 3.45. The third kappa shape index (κ3) is 1.63. The second-order valence-electron chi connectivity index (χ2n) is 3.45. The molecule has 2 atom stereocenters. The van der Waals surface area contributed by atoms with Gasteiger partial charge in [-0.25, -0.2) is 0 Å². The fourth-order valence-corrected chi connectivity index (χ4v) is 1.49. The minimum Gasteiger partial charge on any atom is -0.398 e. The van der Waals surface area contributed by atoms with Crippen LogP contribution in [0.4, 0.5) is 15.8 Å². The lowest BCUT2D eigenvalue weighted by molar-refractivity contribution is -0.387. The topological polar surface area (TPSA) is 81.7 Å². The van der Waals surface area contributed by atoms with Crippen molar-refractivity contribution in [2.45, 2.75) is 19.1 Å². The number of halogens is 1. The summed E-state index contributed by atoms with van der Waals surface area (Å²) in [5.41, 5.74) is 5.64. The van der Waals surface area contributed by atoms with Crippen LogP contribution in [0, 0.1) is 15.9 Å². The predicted octanol–water partition coefficient (Wildman–Crippen LogP) is 1.78. The van der Waals surface area contributed by atoms with Crippen LogP contribution in [0.25, 0.3) is 0 Å². The third-order valence-corrected chi connectivity index (χ3v) is 2.37.